The van der Waals surface area contributed by atoms with Crippen molar-refractivity contribution >= 4 is 29.1 Å². The molecule has 1 saturated heterocycles. The second-order valence-corrected chi connectivity index (χ2v) is 6.25. The summed E-state index contributed by atoms with van der Waals surface area (Å²) in [7, 11) is 0. The second kappa shape index (κ2) is 8.67. The van der Waals surface area contributed by atoms with Crippen molar-refractivity contribution in [1.29, 1.82) is 0 Å². The number of carbonyl (C=O) groups is 1. The maximum absolute atomic E-state index is 12.0. The van der Waals surface area contributed by atoms with Gasteiger partial charge in [-0.1, -0.05) is 23.2 Å². The molecule has 1 aliphatic rings. The Balaban J connectivity index is 1.67. The lowest BCUT2D eigenvalue weighted by Gasteiger charge is -2.22. The van der Waals surface area contributed by atoms with Crippen LogP contribution in [0.3, 0.4) is 0 Å². The molecule has 1 unspecified atom stereocenters. The van der Waals surface area contributed by atoms with Crippen molar-refractivity contribution < 1.29 is 9.90 Å². The van der Waals surface area contributed by atoms with Crippen LogP contribution in [0.4, 0.5) is 0 Å². The summed E-state index contributed by atoms with van der Waals surface area (Å²) in [5, 5.41) is 12.5. The third-order valence-electron chi connectivity index (χ3n) is 3.89. The molecule has 0 aromatic carbocycles. The average molecular weight is 346 g/mol. The minimum absolute atomic E-state index is 0.194. The third kappa shape index (κ3) is 5.09. The average Bonchev–Trinajstić information content (AvgIpc) is 2.93. The molecule has 0 bridgehead atoms. The highest BCUT2D eigenvalue weighted by Crippen LogP contribution is 2.17. The number of rotatable bonds is 7. The summed E-state index contributed by atoms with van der Waals surface area (Å²) in [4.78, 5) is 18.1. The van der Waals surface area contributed by atoms with Crippen LogP contribution in [0.2, 0.25) is 10.3 Å². The maximum atomic E-state index is 12.0. The summed E-state index contributed by atoms with van der Waals surface area (Å²) in [5.41, 5.74) is 0.421. The molecule has 22 heavy (non-hydrogen) atoms. The van der Waals surface area contributed by atoms with Crippen LogP contribution in [0, 0.1) is 0 Å². The van der Waals surface area contributed by atoms with E-state index in [0.717, 1.165) is 38.8 Å². The fourth-order valence-corrected chi connectivity index (χ4v) is 3.20. The standard InChI is InChI=1S/C15H21Cl2N3O2/c16-13-8-11(9-14(17)19-13)15(22)18-5-1-2-6-20-7-3-4-12(20)10-21/h8-9,12,21H,1-7,10H2,(H,18,22). The smallest absolute Gasteiger partial charge is 0.251 e. The van der Waals surface area contributed by atoms with Crippen molar-refractivity contribution in [3.63, 3.8) is 0 Å². The van der Waals surface area contributed by atoms with E-state index in [1.807, 2.05) is 0 Å². The summed E-state index contributed by atoms with van der Waals surface area (Å²) in [5.74, 6) is -0.194. The number of nitrogens with zero attached hydrogens (tertiary/aromatic N) is 2. The van der Waals surface area contributed by atoms with Gasteiger partial charge in [0.15, 0.2) is 0 Å². The summed E-state index contributed by atoms with van der Waals surface area (Å²) in [6.45, 7) is 2.87. The molecule has 2 heterocycles. The van der Waals surface area contributed by atoms with E-state index in [9.17, 15) is 9.90 Å². The van der Waals surface area contributed by atoms with Crippen molar-refractivity contribution in [3.05, 3.63) is 28.0 Å². The quantitative estimate of drug-likeness (QED) is 0.588. The van der Waals surface area contributed by atoms with Gasteiger partial charge in [0.05, 0.1) is 6.61 Å². The van der Waals surface area contributed by atoms with Crippen molar-refractivity contribution in [2.75, 3.05) is 26.2 Å². The maximum Gasteiger partial charge on any atom is 0.251 e. The number of unbranched alkanes of at least 4 members (excludes halogenated alkanes) is 1. The first-order chi connectivity index (χ1) is 10.6. The number of hydrogen-bond acceptors (Lipinski definition) is 4. The highest BCUT2D eigenvalue weighted by Gasteiger charge is 2.22. The molecule has 2 N–H and O–H groups in total. The molecule has 1 aromatic heterocycles. The van der Waals surface area contributed by atoms with Crippen molar-refractivity contribution in [1.82, 2.24) is 15.2 Å². The Hall–Kier alpha value is -0.880. The molecule has 1 aromatic rings. The van der Waals surface area contributed by atoms with Gasteiger partial charge >= 0.3 is 0 Å². The highest BCUT2D eigenvalue weighted by molar-refractivity contribution is 6.33. The zero-order chi connectivity index (χ0) is 15.9. The monoisotopic (exact) mass is 345 g/mol. The van der Waals surface area contributed by atoms with E-state index in [0.29, 0.717) is 18.2 Å². The predicted octanol–water partition coefficient (Wildman–Crippen LogP) is 2.36. The van der Waals surface area contributed by atoms with Crippen LogP contribution in [0.5, 0.6) is 0 Å². The zero-order valence-electron chi connectivity index (χ0n) is 12.4. The molecule has 1 amide bonds. The number of carbonyl (C=O) groups excluding carboxylic acids is 1. The van der Waals surface area contributed by atoms with E-state index in [1.165, 1.54) is 12.1 Å². The molecule has 122 valence electrons. The Bertz CT molecular complexity index is 493. The van der Waals surface area contributed by atoms with Crippen LogP contribution in [-0.2, 0) is 0 Å². The Labute approximate surface area is 140 Å². The van der Waals surface area contributed by atoms with Gasteiger partial charge in [0.1, 0.15) is 10.3 Å². The van der Waals surface area contributed by atoms with Gasteiger partial charge in [-0.3, -0.25) is 9.69 Å². The van der Waals surface area contributed by atoms with Crippen LogP contribution in [0.15, 0.2) is 12.1 Å². The molecule has 0 saturated carbocycles. The number of halogens is 2. The Morgan fingerprint density at radius 2 is 2.09 bits per heavy atom. The fraction of sp³-hybridized carbons (Fsp3) is 0.600. The van der Waals surface area contributed by atoms with Crippen molar-refractivity contribution in [2.45, 2.75) is 31.7 Å². The van der Waals surface area contributed by atoms with Gasteiger partial charge in [-0.05, 0) is 50.9 Å². The third-order valence-corrected chi connectivity index (χ3v) is 4.28. The number of pyridine rings is 1. The van der Waals surface area contributed by atoms with Gasteiger partial charge in [-0.15, -0.1) is 0 Å². The lowest BCUT2D eigenvalue weighted by molar-refractivity contribution is 0.0952. The molecule has 1 aliphatic heterocycles. The van der Waals surface area contributed by atoms with Crippen LogP contribution < -0.4 is 5.32 Å². The van der Waals surface area contributed by atoms with E-state index in [-0.39, 0.29) is 22.8 Å². The van der Waals surface area contributed by atoms with Gasteiger partial charge in [-0.2, -0.15) is 0 Å². The van der Waals surface area contributed by atoms with Crippen LogP contribution in [-0.4, -0.2) is 53.2 Å². The van der Waals surface area contributed by atoms with Crippen LogP contribution in [0.25, 0.3) is 0 Å². The van der Waals surface area contributed by atoms with E-state index >= 15 is 0 Å². The van der Waals surface area contributed by atoms with Crippen molar-refractivity contribution in [3.8, 4) is 0 Å². The fourth-order valence-electron chi connectivity index (χ4n) is 2.74. The molecule has 0 aliphatic carbocycles. The van der Waals surface area contributed by atoms with E-state index in [1.54, 1.807) is 0 Å². The van der Waals surface area contributed by atoms with Gasteiger partial charge in [-0.25, -0.2) is 4.98 Å². The Morgan fingerprint density at radius 1 is 1.36 bits per heavy atom. The number of aliphatic hydroxyl groups is 1. The molecular weight excluding hydrogens is 325 g/mol. The van der Waals surface area contributed by atoms with E-state index < -0.39 is 0 Å². The van der Waals surface area contributed by atoms with Gasteiger partial charge in [0.25, 0.3) is 5.91 Å². The van der Waals surface area contributed by atoms with Crippen molar-refractivity contribution in [2.24, 2.45) is 0 Å². The number of aliphatic hydroxyl groups excluding tert-OH is 1. The lowest BCUT2D eigenvalue weighted by atomic mass is 10.2. The van der Waals surface area contributed by atoms with E-state index in [4.69, 9.17) is 23.2 Å². The van der Waals surface area contributed by atoms with Gasteiger partial charge in [0, 0.05) is 18.2 Å². The van der Waals surface area contributed by atoms with Crippen LogP contribution >= 0.6 is 23.2 Å². The summed E-state index contributed by atoms with van der Waals surface area (Å²) in [6, 6.07) is 3.31. The SMILES string of the molecule is O=C(NCCCCN1CCCC1CO)c1cc(Cl)nc(Cl)c1. The Morgan fingerprint density at radius 3 is 2.77 bits per heavy atom. The normalized spacial score (nSPS) is 18.6. The number of nitrogens with one attached hydrogen (secondary N) is 1. The number of aromatic nitrogens is 1. The van der Waals surface area contributed by atoms with Gasteiger partial charge < -0.3 is 10.4 Å². The molecule has 1 fully saturated rings. The predicted molar refractivity (Wildman–Crippen MR) is 87.5 cm³/mol. The Kier molecular flexibility index (Phi) is 6.89. The summed E-state index contributed by atoms with van der Waals surface area (Å²) >= 11 is 11.6. The lowest BCUT2D eigenvalue weighted by Crippen LogP contribution is -2.33. The van der Waals surface area contributed by atoms with E-state index in [2.05, 4.69) is 15.2 Å². The summed E-state index contributed by atoms with van der Waals surface area (Å²) < 4.78 is 0. The highest BCUT2D eigenvalue weighted by atomic mass is 35.5. The molecule has 2 rings (SSSR count). The molecule has 0 radical (unpaired) electrons. The molecule has 5 nitrogen and oxygen atoms in total. The zero-order valence-corrected chi connectivity index (χ0v) is 13.9. The van der Waals surface area contributed by atoms with Crippen LogP contribution in [0.1, 0.15) is 36.0 Å². The number of amides is 1. The minimum Gasteiger partial charge on any atom is -0.395 e. The molecule has 1 atom stereocenters. The first-order valence-electron chi connectivity index (χ1n) is 7.56. The first kappa shape index (κ1) is 17.5. The first-order valence-corrected chi connectivity index (χ1v) is 8.32. The molecule has 0 spiro atoms. The largest absolute Gasteiger partial charge is 0.395 e. The molecule has 7 heteroatoms. The number of hydrogen-bond donors (Lipinski definition) is 2. The van der Waals surface area contributed by atoms with Gasteiger partial charge in [0.2, 0.25) is 0 Å². The number of likely N-dealkylation sites (tertiary alicyclic amines) is 1. The molecular formula is C15H21Cl2N3O2. The topological polar surface area (TPSA) is 65.5 Å². The minimum atomic E-state index is -0.194. The second-order valence-electron chi connectivity index (χ2n) is 5.48. The summed E-state index contributed by atoms with van der Waals surface area (Å²) in [6.07, 6.45) is 4.13.